The van der Waals surface area contributed by atoms with Gasteiger partial charge in [0.1, 0.15) is 11.9 Å². The largest absolute Gasteiger partial charge is 0.486 e. The van der Waals surface area contributed by atoms with Gasteiger partial charge in [-0.05, 0) is 53.6 Å². The van der Waals surface area contributed by atoms with E-state index in [0.29, 0.717) is 5.56 Å². The Balaban J connectivity index is 1.36. The molecule has 0 aliphatic heterocycles. The molecule has 0 saturated carbocycles. The second-order valence-corrected chi connectivity index (χ2v) is 7.36. The first-order valence-electron chi connectivity index (χ1n) is 9.91. The number of nitrogens with one attached hydrogen (secondary N) is 1. The van der Waals surface area contributed by atoms with E-state index in [4.69, 9.17) is 9.47 Å². The number of hydrogen-bond acceptors (Lipinski definition) is 4. The van der Waals surface area contributed by atoms with Crippen LogP contribution in [0.15, 0.2) is 78.9 Å². The SMILES string of the molecule is COC(=O)c1ccc(OC2C=C[C@@H](NC(C)c3cccc4ccccc34)C2)cc1. The van der Waals surface area contributed by atoms with Gasteiger partial charge in [0, 0.05) is 18.5 Å². The van der Waals surface area contributed by atoms with Gasteiger partial charge in [0.15, 0.2) is 0 Å². The van der Waals surface area contributed by atoms with Crippen LogP contribution in [0.4, 0.5) is 0 Å². The van der Waals surface area contributed by atoms with Crippen LogP contribution in [0, 0.1) is 0 Å². The summed E-state index contributed by atoms with van der Waals surface area (Å²) in [6, 6.07) is 22.5. The second kappa shape index (κ2) is 8.50. The van der Waals surface area contributed by atoms with Crippen molar-refractivity contribution in [3.63, 3.8) is 0 Å². The van der Waals surface area contributed by atoms with Crippen LogP contribution in [0.1, 0.15) is 35.3 Å². The first-order chi connectivity index (χ1) is 14.1. The molecule has 0 spiro atoms. The molecule has 3 aromatic carbocycles. The Labute approximate surface area is 171 Å². The minimum Gasteiger partial charge on any atom is -0.486 e. The number of carbonyl (C=O) groups excluding carboxylic acids is 1. The van der Waals surface area contributed by atoms with Crippen LogP contribution in [-0.2, 0) is 4.74 Å². The third-order valence-electron chi connectivity index (χ3n) is 5.36. The van der Waals surface area contributed by atoms with E-state index in [-0.39, 0.29) is 24.2 Å². The summed E-state index contributed by atoms with van der Waals surface area (Å²) in [7, 11) is 1.38. The molecule has 29 heavy (non-hydrogen) atoms. The number of ether oxygens (including phenoxy) is 2. The molecule has 4 heteroatoms. The Morgan fingerprint density at radius 2 is 1.76 bits per heavy atom. The molecular formula is C25H25NO3. The van der Waals surface area contributed by atoms with Crippen LogP contribution < -0.4 is 10.1 Å². The molecule has 3 aromatic rings. The van der Waals surface area contributed by atoms with Crippen molar-refractivity contribution in [3.8, 4) is 5.75 Å². The summed E-state index contributed by atoms with van der Waals surface area (Å²) in [5, 5.41) is 6.26. The van der Waals surface area contributed by atoms with E-state index in [1.807, 2.05) is 0 Å². The highest BCUT2D eigenvalue weighted by Gasteiger charge is 2.22. The molecule has 0 heterocycles. The third-order valence-corrected chi connectivity index (χ3v) is 5.36. The van der Waals surface area contributed by atoms with Gasteiger partial charge < -0.3 is 14.8 Å². The van der Waals surface area contributed by atoms with Gasteiger partial charge in [-0.15, -0.1) is 0 Å². The number of hydrogen-bond donors (Lipinski definition) is 1. The topological polar surface area (TPSA) is 47.6 Å². The van der Waals surface area contributed by atoms with Crippen LogP contribution in [0.3, 0.4) is 0 Å². The standard InChI is InChI=1S/C25H25NO3/c1-17(23-9-5-7-18-6-3-4-8-24(18)23)26-20-12-15-22(16-20)29-21-13-10-19(11-14-21)25(27)28-2/h3-15,17,20,22,26H,16H2,1-2H3/t17?,20-,22?/m1/s1. The summed E-state index contributed by atoms with van der Waals surface area (Å²) in [6.07, 6.45) is 5.15. The maximum absolute atomic E-state index is 11.5. The predicted octanol–water partition coefficient (Wildman–Crippen LogP) is 5.05. The summed E-state index contributed by atoms with van der Waals surface area (Å²) >= 11 is 0. The smallest absolute Gasteiger partial charge is 0.337 e. The maximum Gasteiger partial charge on any atom is 0.337 e. The molecular weight excluding hydrogens is 362 g/mol. The number of fused-ring (bicyclic) bond motifs is 1. The molecule has 0 aromatic heterocycles. The van der Waals surface area contributed by atoms with Crippen molar-refractivity contribution in [2.75, 3.05) is 7.11 Å². The molecule has 148 valence electrons. The molecule has 1 aliphatic carbocycles. The third kappa shape index (κ3) is 4.33. The van der Waals surface area contributed by atoms with Crippen LogP contribution >= 0.6 is 0 Å². The fourth-order valence-electron chi connectivity index (χ4n) is 3.88. The molecule has 2 unspecified atom stereocenters. The van der Waals surface area contributed by atoms with Crippen molar-refractivity contribution >= 4 is 16.7 Å². The number of carbonyl (C=O) groups is 1. The molecule has 3 atom stereocenters. The van der Waals surface area contributed by atoms with Gasteiger partial charge in [-0.1, -0.05) is 48.5 Å². The second-order valence-electron chi connectivity index (χ2n) is 7.36. The van der Waals surface area contributed by atoms with Crippen LogP contribution in [0.5, 0.6) is 5.75 Å². The minimum atomic E-state index is -0.344. The van der Waals surface area contributed by atoms with Crippen molar-refractivity contribution in [2.45, 2.75) is 31.5 Å². The number of rotatable bonds is 6. The summed E-state index contributed by atoms with van der Waals surface area (Å²) in [5.74, 6) is 0.402. The molecule has 0 saturated heterocycles. The van der Waals surface area contributed by atoms with Gasteiger partial charge >= 0.3 is 5.97 Å². The van der Waals surface area contributed by atoms with E-state index in [1.54, 1.807) is 24.3 Å². The van der Waals surface area contributed by atoms with Crippen molar-refractivity contribution in [2.24, 2.45) is 0 Å². The lowest BCUT2D eigenvalue weighted by Crippen LogP contribution is -2.30. The van der Waals surface area contributed by atoms with Crippen LogP contribution in [-0.4, -0.2) is 25.2 Å². The summed E-state index contributed by atoms with van der Waals surface area (Å²) in [6.45, 7) is 2.20. The van der Waals surface area contributed by atoms with E-state index in [0.717, 1.165) is 12.2 Å². The summed E-state index contributed by atoms with van der Waals surface area (Å²) in [4.78, 5) is 11.5. The Kier molecular flexibility index (Phi) is 5.63. The molecule has 4 nitrogen and oxygen atoms in total. The highest BCUT2D eigenvalue weighted by Crippen LogP contribution is 2.26. The van der Waals surface area contributed by atoms with Gasteiger partial charge in [0.05, 0.1) is 12.7 Å². The molecule has 0 amide bonds. The van der Waals surface area contributed by atoms with Gasteiger partial charge in [0.2, 0.25) is 0 Å². The Morgan fingerprint density at radius 1 is 1.00 bits per heavy atom. The fourth-order valence-corrected chi connectivity index (χ4v) is 3.88. The molecule has 4 rings (SSSR count). The lowest BCUT2D eigenvalue weighted by Gasteiger charge is -2.21. The van der Waals surface area contributed by atoms with Crippen LogP contribution in [0.2, 0.25) is 0 Å². The van der Waals surface area contributed by atoms with Gasteiger partial charge in [0.25, 0.3) is 0 Å². The van der Waals surface area contributed by atoms with Crippen molar-refractivity contribution in [3.05, 3.63) is 90.0 Å². The zero-order valence-corrected chi connectivity index (χ0v) is 16.7. The van der Waals surface area contributed by atoms with Crippen molar-refractivity contribution < 1.29 is 14.3 Å². The predicted molar refractivity (Wildman–Crippen MR) is 115 cm³/mol. The van der Waals surface area contributed by atoms with Gasteiger partial charge in [-0.3, -0.25) is 0 Å². The monoisotopic (exact) mass is 387 g/mol. The van der Waals surface area contributed by atoms with E-state index < -0.39 is 0 Å². The Bertz CT molecular complexity index is 1020. The van der Waals surface area contributed by atoms with E-state index in [2.05, 4.69) is 66.9 Å². The highest BCUT2D eigenvalue weighted by molar-refractivity contribution is 5.89. The van der Waals surface area contributed by atoms with Crippen molar-refractivity contribution in [1.82, 2.24) is 5.32 Å². The number of benzene rings is 3. The Morgan fingerprint density at radius 3 is 2.55 bits per heavy atom. The number of esters is 1. The molecule has 0 radical (unpaired) electrons. The zero-order chi connectivity index (χ0) is 20.2. The summed E-state index contributed by atoms with van der Waals surface area (Å²) in [5.41, 5.74) is 1.82. The molecule has 1 aliphatic rings. The summed E-state index contributed by atoms with van der Waals surface area (Å²) < 4.78 is 10.8. The Hall–Kier alpha value is -3.11. The fraction of sp³-hybridized carbons (Fsp3) is 0.240. The van der Waals surface area contributed by atoms with E-state index >= 15 is 0 Å². The maximum atomic E-state index is 11.5. The normalized spacial score (nSPS) is 19.2. The lowest BCUT2D eigenvalue weighted by molar-refractivity contribution is 0.0600. The van der Waals surface area contributed by atoms with E-state index in [9.17, 15) is 4.79 Å². The molecule has 0 fully saturated rings. The minimum absolute atomic E-state index is 0.0104. The van der Waals surface area contributed by atoms with E-state index in [1.165, 1.54) is 23.4 Å². The molecule has 0 bridgehead atoms. The number of methoxy groups -OCH3 is 1. The average Bonchev–Trinajstić information content (AvgIpc) is 3.19. The van der Waals surface area contributed by atoms with Gasteiger partial charge in [-0.25, -0.2) is 4.79 Å². The quantitative estimate of drug-likeness (QED) is 0.475. The molecule has 1 N–H and O–H groups in total. The highest BCUT2D eigenvalue weighted by atomic mass is 16.5. The van der Waals surface area contributed by atoms with Crippen molar-refractivity contribution in [1.29, 1.82) is 0 Å². The van der Waals surface area contributed by atoms with Crippen LogP contribution in [0.25, 0.3) is 10.8 Å². The zero-order valence-electron chi connectivity index (χ0n) is 16.7. The van der Waals surface area contributed by atoms with Gasteiger partial charge in [-0.2, -0.15) is 0 Å². The lowest BCUT2D eigenvalue weighted by atomic mass is 9.99. The first kappa shape index (κ1) is 19.2. The average molecular weight is 387 g/mol. The first-order valence-corrected chi connectivity index (χ1v) is 9.91.